The van der Waals surface area contributed by atoms with Gasteiger partial charge >= 0.3 is 6.18 Å². The number of amides is 1. The third-order valence-corrected chi connectivity index (χ3v) is 11.0. The molecular formula is C32H39F3N10O3Si. The lowest BCUT2D eigenvalue weighted by Crippen LogP contribution is -2.60. The molecule has 6 rings (SSSR count). The van der Waals surface area contributed by atoms with Crippen molar-refractivity contribution in [2.45, 2.75) is 76.0 Å². The molecule has 49 heavy (non-hydrogen) atoms. The SMILES string of the molecule is C[Si](C)(C)CCOCn1ccc2c(-c3cnn(C4(CC#N)CC(N5CCN(C(=O)c6cc(CO)nc(C(F)(F)F)n6)CC5)C4)c3)ncnc21. The molecule has 1 saturated heterocycles. The predicted molar refractivity (Wildman–Crippen MR) is 175 cm³/mol. The summed E-state index contributed by atoms with van der Waals surface area (Å²) in [6.07, 6.45) is 3.97. The summed E-state index contributed by atoms with van der Waals surface area (Å²) in [5.41, 5.74) is 1.18. The molecule has 17 heteroatoms. The number of hydrogen-bond acceptors (Lipinski definition) is 10. The molecule has 5 heterocycles. The first-order chi connectivity index (χ1) is 23.3. The highest BCUT2D eigenvalue weighted by Gasteiger charge is 2.49. The van der Waals surface area contributed by atoms with Crippen molar-refractivity contribution in [1.82, 2.24) is 44.1 Å². The monoisotopic (exact) mass is 696 g/mol. The maximum Gasteiger partial charge on any atom is 0.451 e. The molecule has 1 N–H and O–H groups in total. The van der Waals surface area contributed by atoms with Gasteiger partial charge in [-0.15, -0.1) is 0 Å². The van der Waals surface area contributed by atoms with E-state index in [1.54, 1.807) is 6.20 Å². The van der Waals surface area contributed by atoms with Crippen LogP contribution in [-0.2, 0) is 29.8 Å². The van der Waals surface area contributed by atoms with Gasteiger partial charge < -0.3 is 19.3 Å². The van der Waals surface area contributed by atoms with Crippen molar-refractivity contribution in [3.8, 4) is 17.3 Å². The van der Waals surface area contributed by atoms with Crippen LogP contribution in [0.25, 0.3) is 22.3 Å². The van der Waals surface area contributed by atoms with Gasteiger partial charge in [0.05, 0.1) is 42.2 Å². The Bertz CT molecular complexity index is 1850. The van der Waals surface area contributed by atoms with E-state index in [9.17, 15) is 28.3 Å². The minimum absolute atomic E-state index is 0.149. The van der Waals surface area contributed by atoms with Gasteiger partial charge in [-0.1, -0.05) is 19.6 Å². The first kappa shape index (κ1) is 34.6. The van der Waals surface area contributed by atoms with Crippen LogP contribution in [0.2, 0.25) is 25.7 Å². The van der Waals surface area contributed by atoms with Crippen LogP contribution in [0.5, 0.6) is 0 Å². The van der Waals surface area contributed by atoms with E-state index in [1.165, 1.54) is 11.2 Å². The molecule has 260 valence electrons. The van der Waals surface area contributed by atoms with Crippen LogP contribution < -0.4 is 0 Å². The molecule has 0 radical (unpaired) electrons. The van der Waals surface area contributed by atoms with Gasteiger partial charge in [-0.2, -0.15) is 23.5 Å². The fourth-order valence-electron chi connectivity index (χ4n) is 6.49. The number of aliphatic hydroxyl groups is 1. The number of nitriles is 1. The Balaban J connectivity index is 1.09. The third kappa shape index (κ3) is 7.37. The Morgan fingerprint density at radius 2 is 1.92 bits per heavy atom. The van der Waals surface area contributed by atoms with Gasteiger partial charge in [-0.3, -0.25) is 14.4 Å². The summed E-state index contributed by atoms with van der Waals surface area (Å²) in [5.74, 6) is -2.09. The van der Waals surface area contributed by atoms with Crippen LogP contribution in [0.3, 0.4) is 0 Å². The lowest BCUT2D eigenvalue weighted by molar-refractivity contribution is -0.145. The number of aromatic nitrogens is 7. The number of halogens is 3. The first-order valence-electron chi connectivity index (χ1n) is 16.2. The average molecular weight is 697 g/mol. The van der Waals surface area contributed by atoms with Gasteiger partial charge in [0, 0.05) is 70.2 Å². The van der Waals surface area contributed by atoms with Crippen molar-refractivity contribution < 1.29 is 27.8 Å². The van der Waals surface area contributed by atoms with Crippen LogP contribution in [0.15, 0.2) is 37.1 Å². The third-order valence-electron chi connectivity index (χ3n) is 9.30. The summed E-state index contributed by atoms with van der Waals surface area (Å²) in [7, 11) is -1.19. The highest BCUT2D eigenvalue weighted by atomic mass is 28.3. The van der Waals surface area contributed by atoms with Gasteiger partial charge in [0.2, 0.25) is 5.82 Å². The Labute approximate surface area is 282 Å². The molecule has 4 aromatic rings. The second kappa shape index (κ2) is 13.6. The zero-order valence-electron chi connectivity index (χ0n) is 27.7. The van der Waals surface area contributed by atoms with E-state index in [0.717, 1.165) is 34.4 Å². The molecule has 13 nitrogen and oxygen atoms in total. The Kier molecular flexibility index (Phi) is 9.59. The van der Waals surface area contributed by atoms with Gasteiger partial charge in [-0.25, -0.2) is 19.9 Å². The normalized spacial score (nSPS) is 20.4. The second-order valence-electron chi connectivity index (χ2n) is 13.9. The van der Waals surface area contributed by atoms with E-state index >= 15 is 0 Å². The number of hydrogen-bond donors (Lipinski definition) is 1. The van der Waals surface area contributed by atoms with Crippen LogP contribution >= 0.6 is 0 Å². The molecule has 4 aromatic heterocycles. The van der Waals surface area contributed by atoms with E-state index in [4.69, 9.17) is 4.74 Å². The number of aliphatic hydroxyl groups excluding tert-OH is 1. The maximum absolute atomic E-state index is 13.3. The van der Waals surface area contributed by atoms with E-state index in [0.29, 0.717) is 52.4 Å². The van der Waals surface area contributed by atoms with Crippen molar-refractivity contribution in [3.63, 3.8) is 0 Å². The molecule has 0 atom stereocenters. The summed E-state index contributed by atoms with van der Waals surface area (Å²) in [5, 5.41) is 24.7. The lowest BCUT2D eigenvalue weighted by Gasteiger charge is -2.52. The Morgan fingerprint density at radius 3 is 2.59 bits per heavy atom. The minimum Gasteiger partial charge on any atom is -0.390 e. The molecule has 0 unspecified atom stereocenters. The van der Waals surface area contributed by atoms with Crippen LogP contribution in [-0.4, -0.2) is 102 Å². The van der Waals surface area contributed by atoms with Crippen LogP contribution in [0, 0.1) is 11.3 Å². The van der Waals surface area contributed by atoms with Gasteiger partial charge in [0.25, 0.3) is 5.91 Å². The standard InChI is InChI=1S/C32H39F3N10O3Si/c1-49(2,3)13-12-48-21-44-7-4-25-27(37-20-38-28(25)44)22-17-39-45(18-22)31(5-6-36)15-24(16-31)42-8-10-43(11-9-42)29(47)26-14-23(19-46)40-30(41-26)32(33,34)35/h4,7,14,17-18,20,24,46H,5,8-13,15-16,19,21H2,1-3H3. The van der Waals surface area contributed by atoms with Crippen LogP contribution in [0.4, 0.5) is 13.2 Å². The highest BCUT2D eigenvalue weighted by molar-refractivity contribution is 6.76. The Morgan fingerprint density at radius 1 is 1.16 bits per heavy atom. The molecule has 1 amide bonds. The fraction of sp³-hybridized carbons (Fsp3) is 0.531. The minimum atomic E-state index is -4.84. The van der Waals surface area contributed by atoms with E-state index in [-0.39, 0.29) is 18.2 Å². The number of fused-ring (bicyclic) bond motifs is 1. The summed E-state index contributed by atoms with van der Waals surface area (Å²) in [6, 6.07) is 6.63. The van der Waals surface area contributed by atoms with E-state index in [2.05, 4.69) is 55.6 Å². The van der Waals surface area contributed by atoms with Crippen molar-refractivity contribution in [3.05, 3.63) is 54.3 Å². The quantitative estimate of drug-likeness (QED) is 0.179. The van der Waals surface area contributed by atoms with Crippen molar-refractivity contribution in [2.24, 2.45) is 0 Å². The molecule has 0 spiro atoms. The topological polar surface area (TPSA) is 151 Å². The molecule has 2 fully saturated rings. The summed E-state index contributed by atoms with van der Waals surface area (Å²) in [6.45, 7) is 8.97. The average Bonchev–Trinajstić information content (AvgIpc) is 3.71. The summed E-state index contributed by atoms with van der Waals surface area (Å²) in [4.78, 5) is 32.6. The second-order valence-corrected chi connectivity index (χ2v) is 19.6. The van der Waals surface area contributed by atoms with Crippen LogP contribution in [0.1, 0.15) is 41.3 Å². The number of carbonyl (C=O) groups is 1. The number of rotatable bonds is 11. The molecular weight excluding hydrogens is 657 g/mol. The molecule has 1 aliphatic heterocycles. The van der Waals surface area contributed by atoms with E-state index < -0.39 is 43.8 Å². The molecule has 1 saturated carbocycles. The fourth-order valence-corrected chi connectivity index (χ4v) is 7.24. The van der Waals surface area contributed by atoms with Gasteiger partial charge in [-0.05, 0) is 31.0 Å². The number of ether oxygens (including phenoxy) is 1. The maximum atomic E-state index is 13.3. The number of piperazine rings is 1. The molecule has 1 aliphatic carbocycles. The predicted octanol–water partition coefficient (Wildman–Crippen LogP) is 4.14. The van der Waals surface area contributed by atoms with Gasteiger partial charge in [0.1, 0.15) is 24.4 Å². The molecule has 2 aliphatic rings. The first-order valence-corrected chi connectivity index (χ1v) is 19.9. The summed E-state index contributed by atoms with van der Waals surface area (Å²) < 4.78 is 49.6. The van der Waals surface area contributed by atoms with E-state index in [1.807, 2.05) is 27.7 Å². The van der Waals surface area contributed by atoms with Gasteiger partial charge in [0.15, 0.2) is 0 Å². The van der Waals surface area contributed by atoms with Crippen molar-refractivity contribution in [1.29, 1.82) is 5.26 Å². The highest BCUT2D eigenvalue weighted by Crippen LogP contribution is 2.45. The lowest BCUT2D eigenvalue weighted by atomic mass is 9.70. The molecule has 0 bridgehead atoms. The van der Waals surface area contributed by atoms with Crippen molar-refractivity contribution >= 4 is 25.0 Å². The van der Waals surface area contributed by atoms with Crippen molar-refractivity contribution in [2.75, 3.05) is 32.8 Å². The zero-order valence-corrected chi connectivity index (χ0v) is 28.7. The summed E-state index contributed by atoms with van der Waals surface area (Å²) >= 11 is 0. The number of carbonyl (C=O) groups excluding carboxylic acids is 1. The largest absolute Gasteiger partial charge is 0.451 e. The smallest absolute Gasteiger partial charge is 0.390 e. The zero-order chi connectivity index (χ0) is 35.0. The number of alkyl halides is 3. The molecule has 0 aromatic carbocycles. The Hall–Kier alpha value is -4.24. The number of nitrogens with zero attached hydrogens (tertiary/aromatic N) is 10.